The van der Waals surface area contributed by atoms with E-state index in [-0.39, 0.29) is 18.1 Å². The molecule has 3 heterocycles. The minimum Gasteiger partial charge on any atom is -0.503 e. The maximum absolute atomic E-state index is 13.8. The van der Waals surface area contributed by atoms with Crippen molar-refractivity contribution < 1.29 is 33.3 Å². The number of aliphatic hydroxyl groups excluding tert-OH is 1. The Morgan fingerprint density at radius 2 is 1.86 bits per heavy atom. The van der Waals surface area contributed by atoms with E-state index in [4.69, 9.17) is 18.6 Å². The lowest BCUT2D eigenvalue weighted by atomic mass is 9.94. The van der Waals surface area contributed by atoms with Crippen LogP contribution in [0.15, 0.2) is 88.5 Å². The molecule has 6 rings (SSSR count). The Morgan fingerprint density at radius 1 is 1.03 bits per heavy atom. The number of aliphatic hydroxyl groups is 1. The van der Waals surface area contributed by atoms with Gasteiger partial charge in [0, 0.05) is 17.1 Å². The van der Waals surface area contributed by atoms with Crippen molar-refractivity contribution in [1.29, 1.82) is 0 Å². The maximum Gasteiger partial charge on any atom is 0.294 e. The van der Waals surface area contributed by atoms with Crippen molar-refractivity contribution in [3.8, 4) is 17.2 Å². The third-order valence-electron chi connectivity index (χ3n) is 6.22. The van der Waals surface area contributed by atoms with Crippen molar-refractivity contribution in [2.75, 3.05) is 18.3 Å². The van der Waals surface area contributed by atoms with E-state index in [1.165, 1.54) is 4.90 Å². The summed E-state index contributed by atoms with van der Waals surface area (Å²) >= 11 is 0. The van der Waals surface area contributed by atoms with E-state index in [1.54, 1.807) is 60.7 Å². The molecule has 1 atom stereocenters. The summed E-state index contributed by atoms with van der Waals surface area (Å²) in [6, 6.07) is 20.0. The van der Waals surface area contributed by atoms with Crippen LogP contribution < -0.4 is 19.1 Å². The fraction of sp³-hybridized carbons (Fsp3) is 0.143. The van der Waals surface area contributed by atoms with Crippen LogP contribution in [-0.2, 0) is 4.79 Å². The van der Waals surface area contributed by atoms with Crippen LogP contribution in [0.3, 0.4) is 0 Å². The van der Waals surface area contributed by atoms with Gasteiger partial charge in [-0.05, 0) is 48.9 Å². The van der Waals surface area contributed by atoms with Crippen LogP contribution >= 0.6 is 0 Å². The summed E-state index contributed by atoms with van der Waals surface area (Å²) in [6.45, 7) is 2.39. The van der Waals surface area contributed by atoms with Crippen molar-refractivity contribution in [2.24, 2.45) is 0 Å². The van der Waals surface area contributed by atoms with Gasteiger partial charge in [-0.2, -0.15) is 0 Å². The summed E-state index contributed by atoms with van der Waals surface area (Å²) in [7, 11) is 0. The highest BCUT2D eigenvalue weighted by atomic mass is 16.7. The number of para-hydroxylation sites is 1. The van der Waals surface area contributed by atoms with Crippen molar-refractivity contribution in [3.05, 3.63) is 95.5 Å². The molecule has 0 radical (unpaired) electrons. The Morgan fingerprint density at radius 3 is 2.69 bits per heavy atom. The number of carbonyl (C=O) groups excluding carboxylic acids is 2. The minimum absolute atomic E-state index is 0.0315. The fourth-order valence-electron chi connectivity index (χ4n) is 4.62. The highest BCUT2D eigenvalue weighted by Crippen LogP contribution is 2.45. The van der Waals surface area contributed by atoms with Gasteiger partial charge in [-0.1, -0.05) is 30.3 Å². The highest BCUT2D eigenvalue weighted by molar-refractivity contribution is 6.20. The predicted octanol–water partition coefficient (Wildman–Crippen LogP) is 5.34. The number of fused-ring (bicyclic) bond motifs is 2. The quantitative estimate of drug-likeness (QED) is 0.370. The van der Waals surface area contributed by atoms with Crippen LogP contribution in [-0.4, -0.2) is 30.2 Å². The van der Waals surface area contributed by atoms with Gasteiger partial charge >= 0.3 is 0 Å². The normalized spacial score (nSPS) is 16.8. The summed E-state index contributed by atoms with van der Waals surface area (Å²) in [5.74, 6) is -0.286. The molecule has 4 aromatic rings. The fourth-order valence-corrected chi connectivity index (χ4v) is 4.62. The number of carbonyl (C=O) groups is 2. The van der Waals surface area contributed by atoms with Crippen LogP contribution in [0, 0.1) is 0 Å². The number of nitrogens with zero attached hydrogens (tertiary/aromatic N) is 1. The molecule has 0 saturated heterocycles. The molecule has 0 spiro atoms. The Bertz CT molecular complexity index is 1520. The number of furan rings is 1. The number of ether oxygens (including phenoxy) is 3. The largest absolute Gasteiger partial charge is 0.503 e. The van der Waals surface area contributed by atoms with Gasteiger partial charge in [-0.3, -0.25) is 14.5 Å². The van der Waals surface area contributed by atoms with Gasteiger partial charge in [0.2, 0.25) is 12.6 Å². The zero-order valence-electron chi connectivity index (χ0n) is 19.3. The second kappa shape index (κ2) is 8.49. The number of hydrogen-bond donors (Lipinski definition) is 1. The zero-order chi connectivity index (χ0) is 24.8. The van der Waals surface area contributed by atoms with Gasteiger partial charge in [0.1, 0.15) is 11.3 Å². The number of benzene rings is 3. The third-order valence-corrected chi connectivity index (χ3v) is 6.22. The smallest absolute Gasteiger partial charge is 0.294 e. The van der Waals surface area contributed by atoms with Crippen LogP contribution in [0.5, 0.6) is 17.2 Å². The average molecular weight is 483 g/mol. The predicted molar refractivity (Wildman–Crippen MR) is 131 cm³/mol. The lowest BCUT2D eigenvalue weighted by Gasteiger charge is -2.27. The molecule has 1 N–H and O–H groups in total. The monoisotopic (exact) mass is 483 g/mol. The van der Waals surface area contributed by atoms with Gasteiger partial charge in [-0.15, -0.1) is 0 Å². The summed E-state index contributed by atoms with van der Waals surface area (Å²) in [6.07, 6.45) is 0. The first-order valence-electron chi connectivity index (χ1n) is 11.5. The summed E-state index contributed by atoms with van der Waals surface area (Å²) in [5.41, 5.74) is 1.49. The molecule has 1 aromatic heterocycles. The van der Waals surface area contributed by atoms with Crippen LogP contribution in [0.1, 0.15) is 29.1 Å². The molecule has 1 amide bonds. The number of anilines is 1. The van der Waals surface area contributed by atoms with Gasteiger partial charge in [0.25, 0.3) is 5.91 Å². The third kappa shape index (κ3) is 3.46. The Kier molecular flexibility index (Phi) is 5.14. The molecule has 36 heavy (non-hydrogen) atoms. The SMILES string of the molecule is CCOc1cccc(C2C(C(=O)c3cc4ccccc4o3)=C(O)C(=O)N2c2ccc3c(c2)OCO3)c1. The molecule has 3 aromatic carbocycles. The van der Waals surface area contributed by atoms with E-state index in [2.05, 4.69) is 0 Å². The topological polar surface area (TPSA) is 98.4 Å². The zero-order valence-corrected chi connectivity index (χ0v) is 19.3. The van der Waals surface area contributed by atoms with Gasteiger partial charge < -0.3 is 23.7 Å². The van der Waals surface area contributed by atoms with Crippen molar-refractivity contribution in [3.63, 3.8) is 0 Å². The molecule has 2 aliphatic heterocycles. The molecule has 1 unspecified atom stereocenters. The Balaban J connectivity index is 1.49. The summed E-state index contributed by atoms with van der Waals surface area (Å²) in [4.78, 5) is 28.6. The standard InChI is InChI=1S/C28H21NO7/c1-2-33-19-8-5-7-17(12-19)25-24(26(30)23-13-16-6-3-4-9-20(16)36-23)27(31)28(32)29(25)18-10-11-21-22(14-18)35-15-34-21/h3-14,25,31H,2,15H2,1H3. The van der Waals surface area contributed by atoms with Crippen molar-refractivity contribution >= 4 is 28.3 Å². The molecule has 2 aliphatic rings. The average Bonchev–Trinajstić information content (AvgIpc) is 3.60. The van der Waals surface area contributed by atoms with E-state index >= 15 is 0 Å². The number of ketones is 1. The molecular weight excluding hydrogens is 462 g/mol. The molecule has 8 heteroatoms. The highest BCUT2D eigenvalue weighted by Gasteiger charge is 2.45. The number of amides is 1. The second-order valence-electron chi connectivity index (χ2n) is 8.36. The summed E-state index contributed by atoms with van der Waals surface area (Å²) in [5, 5.41) is 11.8. The molecule has 0 aliphatic carbocycles. The van der Waals surface area contributed by atoms with E-state index in [0.717, 1.165) is 5.39 Å². The lowest BCUT2D eigenvalue weighted by molar-refractivity contribution is -0.117. The maximum atomic E-state index is 13.8. The Labute approximate surface area is 205 Å². The van der Waals surface area contributed by atoms with Gasteiger partial charge in [0.05, 0.1) is 18.2 Å². The van der Waals surface area contributed by atoms with Crippen LogP contribution in [0.25, 0.3) is 11.0 Å². The molecule has 0 bridgehead atoms. The molecule has 8 nitrogen and oxygen atoms in total. The van der Waals surface area contributed by atoms with Crippen molar-refractivity contribution in [2.45, 2.75) is 13.0 Å². The second-order valence-corrected chi connectivity index (χ2v) is 8.36. The molecule has 0 fully saturated rings. The minimum atomic E-state index is -0.931. The first-order chi connectivity index (χ1) is 17.5. The van der Waals surface area contributed by atoms with Crippen LogP contribution in [0.2, 0.25) is 0 Å². The van der Waals surface area contributed by atoms with Gasteiger partial charge in [0.15, 0.2) is 23.0 Å². The number of hydrogen-bond acceptors (Lipinski definition) is 7. The van der Waals surface area contributed by atoms with E-state index in [0.29, 0.717) is 40.7 Å². The van der Waals surface area contributed by atoms with Crippen LogP contribution in [0.4, 0.5) is 5.69 Å². The Hall–Kier alpha value is -4.72. The molecule has 0 saturated carbocycles. The number of rotatable bonds is 6. The van der Waals surface area contributed by atoms with E-state index in [9.17, 15) is 14.7 Å². The van der Waals surface area contributed by atoms with Crippen molar-refractivity contribution in [1.82, 2.24) is 0 Å². The first-order valence-corrected chi connectivity index (χ1v) is 11.5. The van der Waals surface area contributed by atoms with Gasteiger partial charge in [-0.25, -0.2) is 0 Å². The summed E-state index contributed by atoms with van der Waals surface area (Å²) < 4.78 is 22.3. The van der Waals surface area contributed by atoms with E-state index < -0.39 is 23.5 Å². The lowest BCUT2D eigenvalue weighted by Crippen LogP contribution is -2.31. The molecule has 180 valence electrons. The number of Topliss-reactive ketones (excluding diaryl/α,β-unsaturated/α-hetero) is 1. The molecular formula is C28H21NO7. The first kappa shape index (κ1) is 21.8. The van der Waals surface area contributed by atoms with E-state index in [1.807, 2.05) is 19.1 Å².